The zero-order valence-electron chi connectivity index (χ0n) is 15.5. The second-order valence-electron chi connectivity index (χ2n) is 7.40. The third-order valence-electron chi connectivity index (χ3n) is 3.77. The molecule has 0 aliphatic heterocycles. The molecule has 2 rings (SSSR count). The lowest BCUT2D eigenvalue weighted by Gasteiger charge is -2.16. The van der Waals surface area contributed by atoms with Gasteiger partial charge < -0.3 is 4.74 Å². The van der Waals surface area contributed by atoms with Crippen LogP contribution in [0.3, 0.4) is 0 Å². The van der Waals surface area contributed by atoms with Crippen molar-refractivity contribution in [3.63, 3.8) is 0 Å². The number of esters is 1. The van der Waals surface area contributed by atoms with Gasteiger partial charge in [-0.25, -0.2) is 4.39 Å². The van der Waals surface area contributed by atoms with E-state index in [2.05, 4.69) is 5.10 Å². The van der Waals surface area contributed by atoms with Crippen LogP contribution < -0.4 is 4.74 Å². The average molecular weight is 363 g/mol. The Balaban J connectivity index is 2.22. The molecule has 0 bridgehead atoms. The van der Waals surface area contributed by atoms with Gasteiger partial charge >= 0.3 is 5.97 Å². The number of carbonyl (C=O) groups is 1. The van der Waals surface area contributed by atoms with Gasteiger partial charge in [0.1, 0.15) is 11.5 Å². The van der Waals surface area contributed by atoms with E-state index < -0.39 is 10.7 Å². The number of halogens is 1. The summed E-state index contributed by atoms with van der Waals surface area (Å²) < 4.78 is 21.1. The SMILES string of the molecule is Cc1nn(Cc2ccc([N+](=O)[O-])cc2F)c(C)c1OC(=O)CC(C)(C)C. The fraction of sp³-hybridized carbons (Fsp3) is 0.444. The minimum absolute atomic E-state index is 0.0767. The summed E-state index contributed by atoms with van der Waals surface area (Å²) in [4.78, 5) is 22.1. The fourth-order valence-electron chi connectivity index (χ4n) is 2.50. The minimum Gasteiger partial charge on any atom is -0.423 e. The smallest absolute Gasteiger partial charge is 0.311 e. The Hall–Kier alpha value is -2.77. The van der Waals surface area contributed by atoms with E-state index in [1.165, 1.54) is 16.8 Å². The number of nitro groups is 1. The van der Waals surface area contributed by atoms with E-state index in [9.17, 15) is 19.3 Å². The van der Waals surface area contributed by atoms with Gasteiger partial charge in [0.2, 0.25) is 0 Å². The van der Waals surface area contributed by atoms with Crippen LogP contribution in [0.1, 0.15) is 44.1 Å². The molecular weight excluding hydrogens is 341 g/mol. The van der Waals surface area contributed by atoms with Gasteiger partial charge in [-0.3, -0.25) is 19.6 Å². The lowest BCUT2D eigenvalue weighted by Crippen LogP contribution is -2.18. The van der Waals surface area contributed by atoms with Crippen molar-refractivity contribution in [1.82, 2.24) is 9.78 Å². The van der Waals surface area contributed by atoms with Crippen molar-refractivity contribution in [1.29, 1.82) is 0 Å². The highest BCUT2D eigenvalue weighted by atomic mass is 19.1. The topological polar surface area (TPSA) is 87.3 Å². The van der Waals surface area contributed by atoms with Gasteiger partial charge in [0, 0.05) is 11.6 Å². The van der Waals surface area contributed by atoms with Crippen LogP contribution in [-0.2, 0) is 11.3 Å². The molecule has 0 aliphatic rings. The Kier molecular flexibility index (Phi) is 5.44. The molecule has 0 saturated carbocycles. The highest BCUT2D eigenvalue weighted by Gasteiger charge is 2.22. The van der Waals surface area contributed by atoms with Crippen molar-refractivity contribution >= 4 is 11.7 Å². The van der Waals surface area contributed by atoms with Crippen LogP contribution in [0.5, 0.6) is 5.75 Å². The van der Waals surface area contributed by atoms with E-state index in [0.717, 1.165) is 6.07 Å². The van der Waals surface area contributed by atoms with Crippen LogP contribution >= 0.6 is 0 Å². The number of nitrogens with zero attached hydrogens (tertiary/aromatic N) is 3. The first kappa shape index (κ1) is 19.6. The number of aryl methyl sites for hydroxylation is 1. The summed E-state index contributed by atoms with van der Waals surface area (Å²) in [5, 5.41) is 15.0. The second kappa shape index (κ2) is 7.23. The molecule has 1 aromatic heterocycles. The van der Waals surface area contributed by atoms with Crippen LogP contribution in [0, 0.1) is 35.2 Å². The summed E-state index contributed by atoms with van der Waals surface area (Å²) in [6.07, 6.45) is 0.258. The third-order valence-corrected chi connectivity index (χ3v) is 3.77. The van der Waals surface area contributed by atoms with Crippen molar-refractivity contribution < 1.29 is 18.8 Å². The first-order chi connectivity index (χ1) is 12.0. The van der Waals surface area contributed by atoms with Crippen molar-refractivity contribution in [2.24, 2.45) is 5.41 Å². The molecule has 1 aromatic carbocycles. The molecule has 0 fully saturated rings. The number of hydrogen-bond donors (Lipinski definition) is 0. The standard InChI is InChI=1S/C18H22FN3O4/c1-11-17(26-16(23)9-18(3,4)5)12(2)21(20-11)10-13-6-7-14(22(24)25)8-15(13)19/h6-8H,9-10H2,1-5H3. The number of non-ortho nitro benzene ring substituents is 1. The molecule has 0 radical (unpaired) electrons. The average Bonchev–Trinajstić information content (AvgIpc) is 2.75. The molecule has 8 heteroatoms. The number of rotatable bonds is 5. The highest BCUT2D eigenvalue weighted by molar-refractivity contribution is 5.73. The molecule has 0 unspecified atom stereocenters. The van der Waals surface area contributed by atoms with Gasteiger partial charge in [0.15, 0.2) is 5.75 Å². The largest absolute Gasteiger partial charge is 0.423 e. The molecule has 0 aliphatic carbocycles. The van der Waals surface area contributed by atoms with Crippen molar-refractivity contribution in [2.75, 3.05) is 0 Å². The normalized spacial score (nSPS) is 11.5. The zero-order chi connectivity index (χ0) is 19.6. The fourth-order valence-corrected chi connectivity index (χ4v) is 2.50. The maximum Gasteiger partial charge on any atom is 0.311 e. The Morgan fingerprint density at radius 2 is 2.00 bits per heavy atom. The molecule has 0 atom stereocenters. The summed E-state index contributed by atoms with van der Waals surface area (Å²) in [7, 11) is 0. The van der Waals surface area contributed by atoms with E-state index in [-0.39, 0.29) is 35.6 Å². The maximum absolute atomic E-state index is 14.1. The first-order valence-corrected chi connectivity index (χ1v) is 8.15. The zero-order valence-corrected chi connectivity index (χ0v) is 15.5. The molecule has 7 nitrogen and oxygen atoms in total. The molecular formula is C18H22FN3O4. The van der Waals surface area contributed by atoms with Crippen molar-refractivity contribution in [3.8, 4) is 5.75 Å². The lowest BCUT2D eigenvalue weighted by molar-refractivity contribution is -0.385. The molecule has 1 heterocycles. The molecule has 0 saturated heterocycles. The molecule has 0 spiro atoms. The molecule has 0 N–H and O–H groups in total. The highest BCUT2D eigenvalue weighted by Crippen LogP contribution is 2.27. The van der Waals surface area contributed by atoms with Crippen LogP contribution in [0.2, 0.25) is 0 Å². The monoisotopic (exact) mass is 363 g/mol. The van der Waals surface area contributed by atoms with Crippen LogP contribution in [-0.4, -0.2) is 20.7 Å². The number of hydrogen-bond acceptors (Lipinski definition) is 5. The maximum atomic E-state index is 14.1. The predicted molar refractivity (Wildman–Crippen MR) is 93.6 cm³/mol. The summed E-state index contributed by atoms with van der Waals surface area (Å²) in [6, 6.07) is 3.48. The molecule has 26 heavy (non-hydrogen) atoms. The van der Waals surface area contributed by atoms with Gasteiger partial charge in [-0.15, -0.1) is 0 Å². The number of carbonyl (C=O) groups excluding carboxylic acids is 1. The molecule has 0 amide bonds. The van der Waals surface area contributed by atoms with E-state index in [4.69, 9.17) is 4.74 Å². The third kappa shape index (κ3) is 4.65. The van der Waals surface area contributed by atoms with E-state index >= 15 is 0 Å². The first-order valence-electron chi connectivity index (χ1n) is 8.15. The predicted octanol–water partition coefficient (Wildman–Crippen LogP) is 3.94. The van der Waals surface area contributed by atoms with E-state index in [1.54, 1.807) is 13.8 Å². The minimum atomic E-state index is -0.682. The van der Waals surface area contributed by atoms with Gasteiger partial charge in [-0.1, -0.05) is 20.8 Å². The van der Waals surface area contributed by atoms with E-state index in [0.29, 0.717) is 17.1 Å². The number of benzene rings is 1. The van der Waals surface area contributed by atoms with Gasteiger partial charge in [-0.05, 0) is 25.3 Å². The Labute approximate surface area is 150 Å². The number of ether oxygens (including phenoxy) is 1. The summed E-state index contributed by atoms with van der Waals surface area (Å²) in [5.74, 6) is -0.677. The van der Waals surface area contributed by atoms with Gasteiger partial charge in [-0.2, -0.15) is 5.10 Å². The lowest BCUT2D eigenvalue weighted by atomic mass is 9.92. The Morgan fingerprint density at radius 1 is 1.35 bits per heavy atom. The van der Waals surface area contributed by atoms with Gasteiger partial charge in [0.25, 0.3) is 5.69 Å². The summed E-state index contributed by atoms with van der Waals surface area (Å²) in [6.45, 7) is 9.32. The summed E-state index contributed by atoms with van der Waals surface area (Å²) >= 11 is 0. The van der Waals surface area contributed by atoms with Crippen molar-refractivity contribution in [2.45, 2.75) is 47.6 Å². The molecule has 2 aromatic rings. The van der Waals surface area contributed by atoms with Crippen LogP contribution in [0.4, 0.5) is 10.1 Å². The molecule has 140 valence electrons. The number of aromatic nitrogens is 2. The van der Waals surface area contributed by atoms with Gasteiger partial charge in [0.05, 0.1) is 29.6 Å². The van der Waals surface area contributed by atoms with Crippen LogP contribution in [0.25, 0.3) is 0 Å². The number of nitro benzene ring substituents is 1. The Bertz CT molecular complexity index is 853. The van der Waals surface area contributed by atoms with E-state index in [1.807, 2.05) is 20.8 Å². The summed E-state index contributed by atoms with van der Waals surface area (Å²) in [5.41, 5.74) is 0.858. The second-order valence-corrected chi connectivity index (χ2v) is 7.40. The Morgan fingerprint density at radius 3 is 2.54 bits per heavy atom. The van der Waals surface area contributed by atoms with Crippen molar-refractivity contribution in [3.05, 3.63) is 51.1 Å². The van der Waals surface area contributed by atoms with Crippen LogP contribution in [0.15, 0.2) is 18.2 Å². The quantitative estimate of drug-likeness (QED) is 0.456.